The fraction of sp³-hybridized carbons (Fsp3) is 0.667. The van der Waals surface area contributed by atoms with Crippen molar-refractivity contribution in [2.75, 3.05) is 6.61 Å². The summed E-state index contributed by atoms with van der Waals surface area (Å²) in [5.74, 6) is -1.16. The zero-order chi connectivity index (χ0) is 6.57. The fourth-order valence-electron chi connectivity index (χ4n) is 0.202. The SMILES string of the molecule is [B]NC(CO)C(=O)O. The first kappa shape index (κ1) is 7.45. The molecule has 0 rings (SSSR count). The van der Waals surface area contributed by atoms with Crippen LogP contribution in [0.1, 0.15) is 0 Å². The van der Waals surface area contributed by atoms with Gasteiger partial charge in [-0.2, -0.15) is 0 Å². The molecule has 44 valence electrons. The van der Waals surface area contributed by atoms with E-state index in [0.717, 1.165) is 0 Å². The van der Waals surface area contributed by atoms with E-state index in [2.05, 4.69) is 0 Å². The van der Waals surface area contributed by atoms with Gasteiger partial charge in [0.15, 0.2) is 7.98 Å². The summed E-state index contributed by atoms with van der Waals surface area (Å²) in [4.78, 5) is 9.86. The largest absolute Gasteiger partial charge is 0.480 e. The van der Waals surface area contributed by atoms with E-state index < -0.39 is 18.6 Å². The van der Waals surface area contributed by atoms with Crippen LogP contribution in [-0.2, 0) is 4.79 Å². The molecule has 0 saturated carbocycles. The Labute approximate surface area is 47.9 Å². The van der Waals surface area contributed by atoms with E-state index in [-0.39, 0.29) is 0 Å². The summed E-state index contributed by atoms with van der Waals surface area (Å²) in [5, 5.41) is 18.1. The predicted molar refractivity (Wildman–Crippen MR) is 27.4 cm³/mol. The van der Waals surface area contributed by atoms with Gasteiger partial charge in [-0.25, -0.2) is 0 Å². The Morgan fingerprint density at radius 2 is 2.38 bits per heavy atom. The molecule has 0 heterocycles. The summed E-state index contributed by atoms with van der Waals surface area (Å²) in [5.41, 5.74) is 0. The molecule has 0 spiro atoms. The van der Waals surface area contributed by atoms with Gasteiger partial charge in [0.2, 0.25) is 0 Å². The van der Waals surface area contributed by atoms with E-state index in [4.69, 9.17) is 18.2 Å². The molecular weight excluding hydrogens is 109 g/mol. The molecule has 0 saturated heterocycles. The van der Waals surface area contributed by atoms with Crippen LogP contribution in [0, 0.1) is 0 Å². The lowest BCUT2D eigenvalue weighted by molar-refractivity contribution is -0.139. The topological polar surface area (TPSA) is 69.6 Å². The Morgan fingerprint density at radius 1 is 1.88 bits per heavy atom. The van der Waals surface area contributed by atoms with E-state index in [0.29, 0.717) is 0 Å². The standard InChI is InChI=1S/C3H6BNO3/c4-5-2(1-6)3(7)8/h2,5-6H,1H2,(H,7,8). The van der Waals surface area contributed by atoms with Crippen molar-refractivity contribution in [1.29, 1.82) is 0 Å². The second-order valence-electron chi connectivity index (χ2n) is 1.24. The highest BCUT2D eigenvalue weighted by Gasteiger charge is 2.10. The minimum absolute atomic E-state index is 0.494. The van der Waals surface area contributed by atoms with E-state index in [1.165, 1.54) is 0 Å². The number of aliphatic hydroxyl groups is 1. The number of nitrogens with one attached hydrogen (secondary N) is 1. The molecule has 5 heteroatoms. The first-order valence-corrected chi connectivity index (χ1v) is 2.02. The summed E-state index contributed by atoms with van der Waals surface area (Å²) < 4.78 is 0. The number of aliphatic carboxylic acids is 1. The number of rotatable bonds is 3. The van der Waals surface area contributed by atoms with Crippen LogP contribution < -0.4 is 5.23 Å². The molecule has 2 radical (unpaired) electrons. The molecule has 0 aliphatic carbocycles. The first-order chi connectivity index (χ1) is 3.72. The molecule has 0 aromatic rings. The number of hydrogen-bond acceptors (Lipinski definition) is 3. The molecule has 0 fully saturated rings. The van der Waals surface area contributed by atoms with Gasteiger partial charge in [0.1, 0.15) is 6.04 Å². The van der Waals surface area contributed by atoms with Gasteiger partial charge in [0.05, 0.1) is 6.61 Å². The third kappa shape index (κ3) is 1.95. The van der Waals surface area contributed by atoms with E-state index >= 15 is 0 Å². The van der Waals surface area contributed by atoms with Crippen molar-refractivity contribution < 1.29 is 15.0 Å². The second-order valence-corrected chi connectivity index (χ2v) is 1.24. The first-order valence-electron chi connectivity index (χ1n) is 2.02. The number of hydrogen-bond donors (Lipinski definition) is 3. The van der Waals surface area contributed by atoms with Gasteiger partial charge in [-0.15, -0.1) is 0 Å². The van der Waals surface area contributed by atoms with Crippen molar-refractivity contribution in [3.63, 3.8) is 0 Å². The summed E-state index contributed by atoms with van der Waals surface area (Å²) in [6.45, 7) is -0.494. The predicted octanol–water partition coefficient (Wildman–Crippen LogP) is -1.90. The van der Waals surface area contributed by atoms with Crippen molar-refractivity contribution >= 4 is 14.0 Å². The average Bonchev–Trinajstić information content (AvgIpc) is 1.69. The van der Waals surface area contributed by atoms with Crippen LogP contribution in [0.2, 0.25) is 0 Å². The van der Waals surface area contributed by atoms with Crippen LogP contribution in [0.3, 0.4) is 0 Å². The third-order valence-corrected chi connectivity index (χ3v) is 0.682. The number of carboxylic acid groups (broad SMARTS) is 1. The molecule has 1 unspecified atom stereocenters. The van der Waals surface area contributed by atoms with Crippen molar-refractivity contribution in [2.24, 2.45) is 0 Å². The van der Waals surface area contributed by atoms with Gasteiger partial charge in [0, 0.05) is 0 Å². The lowest BCUT2D eigenvalue weighted by Gasteiger charge is -2.04. The van der Waals surface area contributed by atoms with Crippen LogP contribution in [-0.4, -0.2) is 36.8 Å². The van der Waals surface area contributed by atoms with Gasteiger partial charge in [-0.05, 0) is 0 Å². The molecule has 0 amide bonds. The van der Waals surface area contributed by atoms with Gasteiger partial charge < -0.3 is 15.4 Å². The van der Waals surface area contributed by atoms with Gasteiger partial charge in [-0.1, -0.05) is 0 Å². The fourth-order valence-corrected chi connectivity index (χ4v) is 0.202. The highest BCUT2D eigenvalue weighted by Crippen LogP contribution is 1.76. The van der Waals surface area contributed by atoms with Crippen molar-refractivity contribution in [1.82, 2.24) is 5.23 Å². The molecule has 0 aromatic heterocycles. The summed E-state index contributed by atoms with van der Waals surface area (Å²) >= 11 is 0. The van der Waals surface area contributed by atoms with Crippen molar-refractivity contribution in [2.45, 2.75) is 6.04 Å². The lowest BCUT2D eigenvalue weighted by Crippen LogP contribution is -2.37. The van der Waals surface area contributed by atoms with Crippen molar-refractivity contribution in [3.8, 4) is 0 Å². The van der Waals surface area contributed by atoms with E-state index in [9.17, 15) is 4.79 Å². The minimum atomic E-state index is -1.16. The maximum absolute atomic E-state index is 9.86. The van der Waals surface area contributed by atoms with Crippen LogP contribution in [0.4, 0.5) is 0 Å². The van der Waals surface area contributed by atoms with Crippen LogP contribution >= 0.6 is 0 Å². The van der Waals surface area contributed by atoms with Gasteiger partial charge in [0.25, 0.3) is 0 Å². The maximum Gasteiger partial charge on any atom is 0.322 e. The Hall–Kier alpha value is -0.545. The third-order valence-electron chi connectivity index (χ3n) is 0.682. The van der Waals surface area contributed by atoms with Gasteiger partial charge >= 0.3 is 5.97 Å². The monoisotopic (exact) mass is 115 g/mol. The normalized spacial score (nSPS) is 13.1. The molecule has 1 atom stereocenters. The zero-order valence-corrected chi connectivity index (χ0v) is 4.16. The summed E-state index contributed by atoms with van der Waals surface area (Å²) in [7, 11) is 4.69. The molecular formula is C3H6BNO3. The molecule has 0 aromatic carbocycles. The molecule has 3 N–H and O–H groups in total. The smallest absolute Gasteiger partial charge is 0.322 e. The number of carbonyl (C=O) groups is 1. The van der Waals surface area contributed by atoms with Crippen LogP contribution in [0.5, 0.6) is 0 Å². The van der Waals surface area contributed by atoms with E-state index in [1.807, 2.05) is 5.23 Å². The second kappa shape index (κ2) is 3.46. The lowest BCUT2D eigenvalue weighted by atomic mass is 10.2. The summed E-state index contributed by atoms with van der Waals surface area (Å²) in [6, 6.07) is -1.05. The molecule has 8 heavy (non-hydrogen) atoms. The molecule has 0 aliphatic heterocycles. The van der Waals surface area contributed by atoms with Crippen molar-refractivity contribution in [3.05, 3.63) is 0 Å². The zero-order valence-electron chi connectivity index (χ0n) is 4.16. The number of aliphatic hydroxyl groups excluding tert-OH is 1. The Bertz CT molecular complexity index is 82.6. The summed E-state index contributed by atoms with van der Waals surface area (Å²) in [6.07, 6.45) is 0. The Kier molecular flexibility index (Phi) is 3.22. The minimum Gasteiger partial charge on any atom is -0.480 e. The van der Waals surface area contributed by atoms with Crippen LogP contribution in [0.15, 0.2) is 0 Å². The average molecular weight is 115 g/mol. The quantitative estimate of drug-likeness (QED) is 0.376. The molecule has 4 nitrogen and oxygen atoms in total. The van der Waals surface area contributed by atoms with Crippen LogP contribution in [0.25, 0.3) is 0 Å². The highest BCUT2D eigenvalue weighted by atomic mass is 16.4. The maximum atomic E-state index is 9.86. The number of carboxylic acids is 1. The van der Waals surface area contributed by atoms with E-state index in [1.54, 1.807) is 0 Å². The molecule has 0 bridgehead atoms. The Morgan fingerprint density at radius 3 is 2.38 bits per heavy atom. The molecule has 0 aliphatic rings. The Balaban J connectivity index is 3.52. The highest BCUT2D eigenvalue weighted by molar-refractivity contribution is 6.06. The van der Waals surface area contributed by atoms with Gasteiger partial charge in [-0.3, -0.25) is 4.79 Å².